The van der Waals surface area contributed by atoms with Gasteiger partial charge >= 0.3 is 0 Å². The summed E-state index contributed by atoms with van der Waals surface area (Å²) in [6, 6.07) is 9.78. The Bertz CT molecular complexity index is 612. The quantitative estimate of drug-likeness (QED) is 0.783. The number of ether oxygens (including phenoxy) is 1. The molecule has 104 valence electrons. The summed E-state index contributed by atoms with van der Waals surface area (Å²) in [5.41, 5.74) is 1.49. The maximum atomic E-state index is 13.8. The van der Waals surface area contributed by atoms with Crippen molar-refractivity contribution in [3.63, 3.8) is 0 Å². The molecule has 0 unspecified atom stereocenters. The molecule has 2 aromatic carbocycles. The molecular formula is C16H14ClFO2. The molecule has 20 heavy (non-hydrogen) atoms. The highest BCUT2D eigenvalue weighted by Crippen LogP contribution is 2.18. The Kier molecular flexibility index (Phi) is 4.40. The van der Waals surface area contributed by atoms with Gasteiger partial charge in [0.15, 0.2) is 6.61 Å². The fourth-order valence-electron chi connectivity index (χ4n) is 2.02. The Morgan fingerprint density at radius 2 is 1.85 bits per heavy atom. The van der Waals surface area contributed by atoms with Gasteiger partial charge in [-0.05, 0) is 55.3 Å². The predicted molar refractivity (Wildman–Crippen MR) is 77.2 cm³/mol. The number of hydrogen-bond acceptors (Lipinski definition) is 2. The van der Waals surface area contributed by atoms with Gasteiger partial charge in [0.05, 0.1) is 5.56 Å². The molecule has 0 aliphatic heterocycles. The third kappa shape index (κ3) is 3.36. The summed E-state index contributed by atoms with van der Waals surface area (Å²) >= 11 is 5.75. The first-order chi connectivity index (χ1) is 9.47. The van der Waals surface area contributed by atoms with E-state index >= 15 is 0 Å². The zero-order valence-corrected chi connectivity index (χ0v) is 12.0. The molecule has 0 amide bonds. The molecule has 0 saturated carbocycles. The molecule has 4 heteroatoms. The molecule has 2 aromatic rings. The Balaban J connectivity index is 2.11. The van der Waals surface area contributed by atoms with Gasteiger partial charge in [0.25, 0.3) is 0 Å². The third-order valence-corrected chi connectivity index (χ3v) is 3.15. The van der Waals surface area contributed by atoms with Crippen LogP contribution in [0.4, 0.5) is 4.39 Å². The van der Waals surface area contributed by atoms with Crippen molar-refractivity contribution in [1.29, 1.82) is 0 Å². The van der Waals surface area contributed by atoms with Crippen molar-refractivity contribution < 1.29 is 13.9 Å². The molecule has 0 atom stereocenters. The van der Waals surface area contributed by atoms with Gasteiger partial charge in [-0.15, -0.1) is 0 Å². The average molecular weight is 293 g/mol. The monoisotopic (exact) mass is 292 g/mol. The molecule has 0 bridgehead atoms. The van der Waals surface area contributed by atoms with Crippen LogP contribution in [-0.4, -0.2) is 12.4 Å². The van der Waals surface area contributed by atoms with E-state index in [1.807, 2.05) is 0 Å². The van der Waals surface area contributed by atoms with Crippen LogP contribution in [0.3, 0.4) is 0 Å². The average Bonchev–Trinajstić information content (AvgIpc) is 2.37. The maximum absolute atomic E-state index is 13.8. The van der Waals surface area contributed by atoms with Crippen molar-refractivity contribution in [1.82, 2.24) is 0 Å². The number of rotatable bonds is 4. The molecule has 2 nitrogen and oxygen atoms in total. The molecular weight excluding hydrogens is 279 g/mol. The van der Waals surface area contributed by atoms with Crippen molar-refractivity contribution >= 4 is 17.4 Å². The maximum Gasteiger partial charge on any atom is 0.203 e. The number of halogens is 2. The first-order valence-corrected chi connectivity index (χ1v) is 6.53. The molecule has 0 aliphatic rings. The lowest BCUT2D eigenvalue weighted by Gasteiger charge is -2.09. The minimum absolute atomic E-state index is 0.0876. The van der Waals surface area contributed by atoms with E-state index in [1.54, 1.807) is 44.2 Å². The van der Waals surface area contributed by atoms with Gasteiger partial charge in [0.2, 0.25) is 5.78 Å². The van der Waals surface area contributed by atoms with Crippen LogP contribution in [0.5, 0.6) is 5.75 Å². The number of ketones is 1. The van der Waals surface area contributed by atoms with Crippen LogP contribution in [-0.2, 0) is 0 Å². The highest BCUT2D eigenvalue weighted by molar-refractivity contribution is 6.30. The van der Waals surface area contributed by atoms with E-state index in [-0.39, 0.29) is 18.0 Å². The van der Waals surface area contributed by atoms with E-state index in [4.69, 9.17) is 16.3 Å². The van der Waals surface area contributed by atoms with Gasteiger partial charge in [0.1, 0.15) is 11.6 Å². The summed E-state index contributed by atoms with van der Waals surface area (Å²) in [5.74, 6) is -0.366. The topological polar surface area (TPSA) is 26.3 Å². The third-order valence-electron chi connectivity index (χ3n) is 2.89. The van der Waals surface area contributed by atoms with E-state index in [2.05, 4.69) is 0 Å². The van der Waals surface area contributed by atoms with Gasteiger partial charge < -0.3 is 4.74 Å². The predicted octanol–water partition coefficient (Wildman–Crippen LogP) is 4.36. The molecule has 0 saturated heterocycles. The largest absolute Gasteiger partial charge is 0.485 e. The van der Waals surface area contributed by atoms with Gasteiger partial charge in [-0.1, -0.05) is 17.7 Å². The second-order valence-electron chi connectivity index (χ2n) is 4.60. The first-order valence-electron chi connectivity index (χ1n) is 6.15. The van der Waals surface area contributed by atoms with E-state index in [9.17, 15) is 9.18 Å². The fourth-order valence-corrected chi connectivity index (χ4v) is 2.15. The van der Waals surface area contributed by atoms with Crippen molar-refractivity contribution in [2.24, 2.45) is 0 Å². The lowest BCUT2D eigenvalue weighted by atomic mass is 10.0. The summed E-state index contributed by atoms with van der Waals surface area (Å²) in [6.45, 7) is 3.29. The van der Waals surface area contributed by atoms with Crippen LogP contribution >= 0.6 is 11.6 Å². The summed E-state index contributed by atoms with van der Waals surface area (Å²) in [7, 11) is 0. The Morgan fingerprint density at radius 3 is 2.45 bits per heavy atom. The normalized spacial score (nSPS) is 10.4. The zero-order chi connectivity index (χ0) is 14.7. The summed E-state index contributed by atoms with van der Waals surface area (Å²) in [5, 5.41) is 0.587. The summed E-state index contributed by atoms with van der Waals surface area (Å²) < 4.78 is 19.2. The van der Waals surface area contributed by atoms with Crippen molar-refractivity contribution in [2.45, 2.75) is 13.8 Å². The Hall–Kier alpha value is -1.87. The van der Waals surface area contributed by atoms with Crippen LogP contribution < -0.4 is 4.74 Å². The minimum Gasteiger partial charge on any atom is -0.485 e. The van der Waals surface area contributed by atoms with Gasteiger partial charge in [-0.2, -0.15) is 0 Å². The lowest BCUT2D eigenvalue weighted by Crippen LogP contribution is -2.15. The molecule has 0 heterocycles. The second kappa shape index (κ2) is 6.06. The number of carbonyl (C=O) groups is 1. The molecule has 0 radical (unpaired) electrons. The molecule has 2 rings (SSSR count). The van der Waals surface area contributed by atoms with E-state index in [0.29, 0.717) is 16.3 Å². The highest BCUT2D eigenvalue weighted by atomic mass is 35.5. The van der Waals surface area contributed by atoms with Gasteiger partial charge in [-0.25, -0.2) is 4.39 Å². The summed E-state index contributed by atoms with van der Waals surface area (Å²) in [6.07, 6.45) is 0. The fraction of sp³-hybridized carbons (Fsp3) is 0.188. The number of hydrogen-bond donors (Lipinski definition) is 0. The zero-order valence-electron chi connectivity index (χ0n) is 11.2. The number of aryl methyl sites for hydroxylation is 2. The highest BCUT2D eigenvalue weighted by Gasteiger charge is 2.16. The van der Waals surface area contributed by atoms with Crippen molar-refractivity contribution in [3.8, 4) is 5.75 Å². The van der Waals surface area contributed by atoms with Crippen LogP contribution in [0.1, 0.15) is 21.5 Å². The van der Waals surface area contributed by atoms with E-state index in [1.165, 1.54) is 6.07 Å². The van der Waals surface area contributed by atoms with Crippen LogP contribution in [0.25, 0.3) is 0 Å². The number of benzene rings is 2. The molecule has 0 N–H and O–H groups in total. The molecule has 0 aliphatic carbocycles. The van der Waals surface area contributed by atoms with Gasteiger partial charge in [-0.3, -0.25) is 4.79 Å². The molecule has 0 spiro atoms. The van der Waals surface area contributed by atoms with Crippen LogP contribution in [0, 0.1) is 19.7 Å². The van der Waals surface area contributed by atoms with E-state index in [0.717, 1.165) is 5.56 Å². The molecule has 0 fully saturated rings. The van der Waals surface area contributed by atoms with Crippen molar-refractivity contribution in [3.05, 3.63) is 63.9 Å². The summed E-state index contributed by atoms with van der Waals surface area (Å²) in [4.78, 5) is 12.0. The Morgan fingerprint density at radius 1 is 1.20 bits per heavy atom. The SMILES string of the molecule is Cc1cc(C)c(C(=O)COc2ccc(Cl)cc2)c(F)c1. The standard InChI is InChI=1S/C16H14ClFO2/c1-10-7-11(2)16(14(18)8-10)15(19)9-20-13-5-3-12(17)4-6-13/h3-8H,9H2,1-2H3. The second-order valence-corrected chi connectivity index (χ2v) is 5.04. The molecule has 0 aromatic heterocycles. The lowest BCUT2D eigenvalue weighted by molar-refractivity contribution is 0.0917. The first kappa shape index (κ1) is 14.5. The van der Waals surface area contributed by atoms with Crippen LogP contribution in [0.15, 0.2) is 36.4 Å². The van der Waals surface area contributed by atoms with Gasteiger partial charge in [0, 0.05) is 5.02 Å². The number of carbonyl (C=O) groups excluding carboxylic acids is 1. The minimum atomic E-state index is -0.507. The van der Waals surface area contributed by atoms with E-state index < -0.39 is 5.82 Å². The van der Waals surface area contributed by atoms with Crippen molar-refractivity contribution in [2.75, 3.05) is 6.61 Å². The number of Topliss-reactive ketones (excluding diaryl/α,β-unsaturated/α-hetero) is 1. The van der Waals surface area contributed by atoms with Crippen LogP contribution in [0.2, 0.25) is 5.02 Å². The smallest absolute Gasteiger partial charge is 0.203 e. The Labute approximate surface area is 122 Å².